The lowest BCUT2D eigenvalue weighted by molar-refractivity contribution is -0.148. The van der Waals surface area contributed by atoms with Crippen LogP contribution in [0.3, 0.4) is 0 Å². The SMILES string of the molecule is C#CC(C)OC(=O)CCC(=O)Oc1ccc(F)cc1Br. The standard InChI is InChI=1S/C14H12BrFO4/c1-3-9(2)19-13(17)6-7-14(18)20-12-5-4-10(16)8-11(12)15/h1,4-5,8-9H,6-7H2,2H3. The lowest BCUT2D eigenvalue weighted by Gasteiger charge is -2.08. The van der Waals surface area contributed by atoms with Crippen LogP contribution in [-0.2, 0) is 14.3 Å². The van der Waals surface area contributed by atoms with E-state index in [0.29, 0.717) is 4.47 Å². The third-order valence-corrected chi connectivity index (χ3v) is 2.81. The van der Waals surface area contributed by atoms with Crippen molar-refractivity contribution in [3.8, 4) is 18.1 Å². The zero-order valence-electron chi connectivity index (χ0n) is 10.7. The van der Waals surface area contributed by atoms with Crippen molar-refractivity contribution in [1.82, 2.24) is 0 Å². The summed E-state index contributed by atoms with van der Waals surface area (Å²) in [5, 5.41) is 0. The van der Waals surface area contributed by atoms with Crippen molar-refractivity contribution in [2.45, 2.75) is 25.9 Å². The molecule has 0 saturated carbocycles. The molecular weight excluding hydrogens is 331 g/mol. The zero-order valence-corrected chi connectivity index (χ0v) is 12.3. The van der Waals surface area contributed by atoms with E-state index < -0.39 is 23.9 Å². The number of benzene rings is 1. The van der Waals surface area contributed by atoms with Crippen molar-refractivity contribution in [1.29, 1.82) is 0 Å². The number of hydrogen-bond acceptors (Lipinski definition) is 4. The summed E-state index contributed by atoms with van der Waals surface area (Å²) < 4.78 is 22.9. The quantitative estimate of drug-likeness (QED) is 0.469. The topological polar surface area (TPSA) is 52.6 Å². The third kappa shape index (κ3) is 5.41. The molecule has 0 aliphatic heterocycles. The fraction of sp³-hybridized carbons (Fsp3) is 0.286. The molecular formula is C14H12BrFO4. The van der Waals surface area contributed by atoms with E-state index in [1.165, 1.54) is 12.1 Å². The van der Waals surface area contributed by atoms with Crippen LogP contribution in [0.15, 0.2) is 22.7 Å². The lowest BCUT2D eigenvalue weighted by atomic mass is 10.3. The second kappa shape index (κ2) is 7.65. The average Bonchev–Trinajstić information content (AvgIpc) is 2.39. The fourth-order valence-corrected chi connectivity index (χ4v) is 1.66. The van der Waals surface area contributed by atoms with Crippen LogP contribution in [0.1, 0.15) is 19.8 Å². The van der Waals surface area contributed by atoms with Crippen LogP contribution in [0.2, 0.25) is 0 Å². The molecule has 0 saturated heterocycles. The molecule has 20 heavy (non-hydrogen) atoms. The maximum Gasteiger partial charge on any atom is 0.311 e. The molecule has 0 aliphatic carbocycles. The van der Waals surface area contributed by atoms with Crippen LogP contribution in [0.4, 0.5) is 4.39 Å². The highest BCUT2D eigenvalue weighted by atomic mass is 79.9. The number of ether oxygens (including phenoxy) is 2. The molecule has 0 aromatic heterocycles. The van der Waals surface area contributed by atoms with Gasteiger partial charge in [-0.2, -0.15) is 0 Å². The molecule has 0 radical (unpaired) electrons. The Bertz CT molecular complexity index is 551. The summed E-state index contributed by atoms with van der Waals surface area (Å²) in [5.41, 5.74) is 0. The zero-order chi connectivity index (χ0) is 15.1. The molecule has 1 atom stereocenters. The van der Waals surface area contributed by atoms with Crippen LogP contribution in [-0.4, -0.2) is 18.0 Å². The maximum atomic E-state index is 12.8. The molecule has 1 unspecified atom stereocenters. The van der Waals surface area contributed by atoms with Gasteiger partial charge in [0, 0.05) is 0 Å². The van der Waals surface area contributed by atoms with E-state index >= 15 is 0 Å². The molecule has 0 spiro atoms. The smallest absolute Gasteiger partial charge is 0.311 e. The Labute approximate surface area is 124 Å². The number of terminal acetylenes is 1. The van der Waals surface area contributed by atoms with Crippen LogP contribution < -0.4 is 4.74 Å². The molecule has 1 rings (SSSR count). The Morgan fingerprint density at radius 1 is 1.40 bits per heavy atom. The third-order valence-electron chi connectivity index (χ3n) is 2.19. The largest absolute Gasteiger partial charge is 0.449 e. The van der Waals surface area contributed by atoms with Crippen molar-refractivity contribution in [2.24, 2.45) is 0 Å². The highest BCUT2D eigenvalue weighted by Crippen LogP contribution is 2.25. The van der Waals surface area contributed by atoms with Crippen LogP contribution in [0.25, 0.3) is 0 Å². The second-order valence-corrected chi connectivity index (χ2v) is 4.70. The Kier molecular flexibility index (Phi) is 6.19. The van der Waals surface area contributed by atoms with Crippen molar-refractivity contribution in [3.05, 3.63) is 28.5 Å². The van der Waals surface area contributed by atoms with Gasteiger partial charge < -0.3 is 9.47 Å². The van der Waals surface area contributed by atoms with Gasteiger partial charge in [0.2, 0.25) is 0 Å². The number of carbonyl (C=O) groups excluding carboxylic acids is 2. The predicted octanol–water partition coefficient (Wildman–Crippen LogP) is 2.84. The first-order valence-corrected chi connectivity index (χ1v) is 6.53. The van der Waals surface area contributed by atoms with Gasteiger partial charge in [0.05, 0.1) is 17.3 Å². The van der Waals surface area contributed by atoms with Crippen molar-refractivity contribution >= 4 is 27.9 Å². The van der Waals surface area contributed by atoms with Gasteiger partial charge in [-0.05, 0) is 41.1 Å². The van der Waals surface area contributed by atoms with Crippen LogP contribution >= 0.6 is 15.9 Å². The molecule has 0 aliphatic rings. The number of esters is 2. The first kappa shape index (κ1) is 16.2. The second-order valence-electron chi connectivity index (χ2n) is 3.85. The van der Waals surface area contributed by atoms with Crippen molar-refractivity contribution in [2.75, 3.05) is 0 Å². The van der Waals surface area contributed by atoms with E-state index in [9.17, 15) is 14.0 Å². The Balaban J connectivity index is 2.44. The molecule has 0 amide bonds. The fourth-order valence-electron chi connectivity index (χ4n) is 1.23. The van der Waals surface area contributed by atoms with E-state index in [1.807, 2.05) is 0 Å². The van der Waals surface area contributed by atoms with Gasteiger partial charge in [0.25, 0.3) is 0 Å². The Hall–Kier alpha value is -1.87. The molecule has 0 bridgehead atoms. The predicted molar refractivity (Wildman–Crippen MR) is 73.4 cm³/mol. The van der Waals surface area contributed by atoms with Gasteiger partial charge in [0.15, 0.2) is 6.10 Å². The molecule has 1 aromatic carbocycles. The average molecular weight is 343 g/mol. The molecule has 6 heteroatoms. The Morgan fingerprint density at radius 2 is 2.05 bits per heavy atom. The summed E-state index contributed by atoms with van der Waals surface area (Å²) in [4.78, 5) is 22.8. The summed E-state index contributed by atoms with van der Waals surface area (Å²) in [5.74, 6) is 0.761. The highest BCUT2D eigenvalue weighted by Gasteiger charge is 2.13. The summed E-state index contributed by atoms with van der Waals surface area (Å²) in [7, 11) is 0. The van der Waals surface area contributed by atoms with Gasteiger partial charge in [0.1, 0.15) is 11.6 Å². The monoisotopic (exact) mass is 342 g/mol. The molecule has 0 N–H and O–H groups in total. The van der Waals surface area contributed by atoms with Gasteiger partial charge in [-0.1, -0.05) is 5.92 Å². The highest BCUT2D eigenvalue weighted by molar-refractivity contribution is 9.10. The van der Waals surface area contributed by atoms with Crippen molar-refractivity contribution in [3.63, 3.8) is 0 Å². The first-order valence-electron chi connectivity index (χ1n) is 5.73. The van der Waals surface area contributed by atoms with E-state index in [-0.39, 0.29) is 18.6 Å². The Morgan fingerprint density at radius 3 is 2.65 bits per heavy atom. The van der Waals surface area contributed by atoms with Crippen LogP contribution in [0.5, 0.6) is 5.75 Å². The summed E-state index contributed by atoms with van der Waals surface area (Å²) in [6.07, 6.45) is 4.13. The minimum Gasteiger partial charge on any atom is -0.449 e. The van der Waals surface area contributed by atoms with E-state index in [0.717, 1.165) is 6.07 Å². The van der Waals surface area contributed by atoms with E-state index in [1.54, 1.807) is 6.92 Å². The minimum absolute atomic E-state index is 0.135. The van der Waals surface area contributed by atoms with Gasteiger partial charge in [-0.15, -0.1) is 6.42 Å². The molecule has 106 valence electrons. The van der Waals surface area contributed by atoms with E-state index in [4.69, 9.17) is 15.9 Å². The summed E-state index contributed by atoms with van der Waals surface area (Å²) >= 11 is 3.07. The molecule has 1 aromatic rings. The summed E-state index contributed by atoms with van der Waals surface area (Å²) in [6.45, 7) is 1.55. The molecule has 4 nitrogen and oxygen atoms in total. The molecule has 0 heterocycles. The lowest BCUT2D eigenvalue weighted by Crippen LogP contribution is -2.16. The van der Waals surface area contributed by atoms with Crippen molar-refractivity contribution < 1.29 is 23.5 Å². The number of rotatable bonds is 5. The normalized spacial score (nSPS) is 11.3. The van der Waals surface area contributed by atoms with Gasteiger partial charge >= 0.3 is 11.9 Å². The number of hydrogen-bond donors (Lipinski definition) is 0. The number of halogens is 2. The van der Waals surface area contributed by atoms with Crippen LogP contribution in [0, 0.1) is 18.2 Å². The minimum atomic E-state index is -0.634. The summed E-state index contributed by atoms with van der Waals surface area (Å²) in [6, 6.07) is 3.65. The van der Waals surface area contributed by atoms with Gasteiger partial charge in [-0.3, -0.25) is 9.59 Å². The number of carbonyl (C=O) groups is 2. The molecule has 0 fully saturated rings. The van der Waals surface area contributed by atoms with Gasteiger partial charge in [-0.25, -0.2) is 4.39 Å². The maximum absolute atomic E-state index is 12.8. The van der Waals surface area contributed by atoms with E-state index in [2.05, 4.69) is 21.9 Å². The first-order chi connectivity index (χ1) is 9.42.